The number of hydrogen-bond donors (Lipinski definition) is 0. The van der Waals surface area contributed by atoms with Crippen molar-refractivity contribution >= 4 is 23.2 Å². The van der Waals surface area contributed by atoms with Gasteiger partial charge >= 0.3 is 0 Å². The van der Waals surface area contributed by atoms with E-state index in [1.807, 2.05) is 41.3 Å². The molecule has 0 saturated carbocycles. The van der Waals surface area contributed by atoms with Gasteiger partial charge in [-0.3, -0.25) is 4.79 Å². The number of benzene rings is 1. The van der Waals surface area contributed by atoms with E-state index >= 15 is 0 Å². The number of fused-ring (bicyclic) bond motifs is 1. The van der Waals surface area contributed by atoms with Gasteiger partial charge < -0.3 is 9.64 Å². The Balaban J connectivity index is 1.63. The lowest BCUT2D eigenvalue weighted by atomic mass is 10.1. The molecule has 22 heavy (non-hydrogen) atoms. The highest BCUT2D eigenvalue weighted by atomic mass is 16.5. The first-order valence-electron chi connectivity index (χ1n) is 7.64. The predicted octanol–water partition coefficient (Wildman–Crippen LogP) is 2.33. The van der Waals surface area contributed by atoms with Crippen molar-refractivity contribution in [2.45, 2.75) is 25.0 Å². The molecule has 2 aromatic rings. The van der Waals surface area contributed by atoms with E-state index in [4.69, 9.17) is 4.74 Å². The molecular weight excluding hydrogens is 278 g/mol. The van der Waals surface area contributed by atoms with Crippen LogP contribution in [0.4, 0.5) is 0 Å². The molecule has 5 heteroatoms. The number of carbonyl (C=O) groups is 1. The van der Waals surface area contributed by atoms with Crippen LogP contribution in [0.5, 0.6) is 0 Å². The second kappa shape index (κ2) is 5.40. The molecule has 0 spiro atoms. The molecule has 2 aliphatic rings. The van der Waals surface area contributed by atoms with Crippen molar-refractivity contribution in [3.05, 3.63) is 42.1 Å². The summed E-state index contributed by atoms with van der Waals surface area (Å²) in [4.78, 5) is 23.4. The van der Waals surface area contributed by atoms with Crippen molar-refractivity contribution in [1.82, 2.24) is 9.88 Å². The van der Waals surface area contributed by atoms with Gasteiger partial charge in [0.2, 0.25) is 0 Å². The maximum atomic E-state index is 12.6. The van der Waals surface area contributed by atoms with Crippen LogP contribution in [0.1, 0.15) is 24.6 Å². The molecule has 1 aromatic carbocycles. The third kappa shape index (κ3) is 2.22. The summed E-state index contributed by atoms with van der Waals surface area (Å²) in [6.07, 6.45) is 3.11. The lowest BCUT2D eigenvalue weighted by molar-refractivity contribution is -0.133. The largest absolute Gasteiger partial charge is 0.471 e. The van der Waals surface area contributed by atoms with Gasteiger partial charge in [-0.05, 0) is 25.0 Å². The minimum Gasteiger partial charge on any atom is -0.471 e. The molecule has 0 N–H and O–H groups in total. The summed E-state index contributed by atoms with van der Waals surface area (Å²) >= 11 is 0. The lowest BCUT2D eigenvalue weighted by Gasteiger charge is -2.22. The molecule has 1 aromatic heterocycles. The zero-order chi connectivity index (χ0) is 14.9. The van der Waals surface area contributed by atoms with Crippen LogP contribution in [0.25, 0.3) is 10.9 Å². The SMILES string of the molecule is O=C([C@H]1N=CO[C@@H]1c1ccc2ccccc2n1)N1CCCC1. The van der Waals surface area contributed by atoms with Crippen LogP contribution in [-0.2, 0) is 9.53 Å². The number of amides is 1. The van der Waals surface area contributed by atoms with Crippen LogP contribution in [-0.4, -0.2) is 41.3 Å². The van der Waals surface area contributed by atoms with Crippen LogP contribution in [0.3, 0.4) is 0 Å². The Morgan fingerprint density at radius 1 is 1.14 bits per heavy atom. The first-order valence-corrected chi connectivity index (χ1v) is 7.64. The lowest BCUT2D eigenvalue weighted by Crippen LogP contribution is -2.38. The van der Waals surface area contributed by atoms with E-state index in [-0.39, 0.29) is 5.91 Å². The van der Waals surface area contributed by atoms with E-state index in [1.165, 1.54) is 6.40 Å². The fourth-order valence-electron chi connectivity index (χ4n) is 3.11. The quantitative estimate of drug-likeness (QED) is 0.854. The van der Waals surface area contributed by atoms with Crippen molar-refractivity contribution in [3.8, 4) is 0 Å². The second-order valence-corrected chi connectivity index (χ2v) is 5.72. The molecule has 0 radical (unpaired) electrons. The summed E-state index contributed by atoms with van der Waals surface area (Å²) in [7, 11) is 0. The van der Waals surface area contributed by atoms with E-state index < -0.39 is 12.1 Å². The zero-order valence-corrected chi connectivity index (χ0v) is 12.2. The maximum absolute atomic E-state index is 12.6. The van der Waals surface area contributed by atoms with E-state index in [2.05, 4.69) is 9.98 Å². The Kier molecular flexibility index (Phi) is 3.25. The first kappa shape index (κ1) is 13.2. The van der Waals surface area contributed by atoms with Gasteiger partial charge in [-0.2, -0.15) is 0 Å². The molecule has 1 fully saturated rings. The van der Waals surface area contributed by atoms with E-state index in [9.17, 15) is 4.79 Å². The van der Waals surface area contributed by atoms with Crippen molar-refractivity contribution < 1.29 is 9.53 Å². The number of likely N-dealkylation sites (tertiary alicyclic amines) is 1. The number of carbonyl (C=O) groups excluding carboxylic acids is 1. The van der Waals surface area contributed by atoms with Crippen LogP contribution in [0.2, 0.25) is 0 Å². The third-order valence-corrected chi connectivity index (χ3v) is 4.30. The fraction of sp³-hybridized carbons (Fsp3) is 0.353. The molecule has 2 atom stereocenters. The highest BCUT2D eigenvalue weighted by Crippen LogP contribution is 2.29. The van der Waals surface area contributed by atoms with Crippen molar-refractivity contribution in [2.75, 3.05) is 13.1 Å². The number of aromatic nitrogens is 1. The summed E-state index contributed by atoms with van der Waals surface area (Å²) in [5.74, 6) is 0.0474. The van der Waals surface area contributed by atoms with Gasteiger partial charge in [0.1, 0.15) is 0 Å². The Morgan fingerprint density at radius 3 is 2.82 bits per heavy atom. The van der Waals surface area contributed by atoms with Crippen LogP contribution in [0.15, 0.2) is 41.4 Å². The predicted molar refractivity (Wildman–Crippen MR) is 83.7 cm³/mol. The Labute approximate surface area is 128 Å². The van der Waals surface area contributed by atoms with Crippen LogP contribution in [0, 0.1) is 0 Å². The van der Waals surface area contributed by atoms with E-state index in [0.29, 0.717) is 0 Å². The number of para-hydroxylation sites is 1. The molecule has 112 valence electrons. The number of ether oxygens (including phenoxy) is 1. The summed E-state index contributed by atoms with van der Waals surface area (Å²) in [6.45, 7) is 1.64. The number of hydrogen-bond acceptors (Lipinski definition) is 4. The molecular formula is C17H17N3O2. The van der Waals surface area contributed by atoms with Gasteiger partial charge in [-0.25, -0.2) is 9.98 Å². The zero-order valence-electron chi connectivity index (χ0n) is 12.2. The number of pyridine rings is 1. The van der Waals surface area contributed by atoms with Gasteiger partial charge in [0.15, 0.2) is 18.5 Å². The standard InChI is InChI=1S/C17H17N3O2/c21-17(20-9-3-4-10-20)15-16(22-11-18-15)14-8-7-12-5-1-2-6-13(12)19-14/h1-2,5-8,11,15-16H,3-4,9-10H2/t15-,16+/m0/s1. The Bertz CT molecular complexity index is 738. The van der Waals surface area contributed by atoms with Crippen molar-refractivity contribution in [2.24, 2.45) is 4.99 Å². The normalized spacial score (nSPS) is 23.9. The fourth-order valence-corrected chi connectivity index (χ4v) is 3.11. The molecule has 3 heterocycles. The van der Waals surface area contributed by atoms with Crippen LogP contribution < -0.4 is 0 Å². The third-order valence-electron chi connectivity index (χ3n) is 4.30. The molecule has 0 bridgehead atoms. The van der Waals surface area contributed by atoms with Crippen molar-refractivity contribution in [1.29, 1.82) is 0 Å². The minimum atomic E-state index is -0.508. The van der Waals surface area contributed by atoms with Gasteiger partial charge in [0.05, 0.1) is 11.2 Å². The molecule has 0 aliphatic carbocycles. The van der Waals surface area contributed by atoms with E-state index in [0.717, 1.165) is 42.5 Å². The highest BCUT2D eigenvalue weighted by molar-refractivity contribution is 5.86. The number of rotatable bonds is 2. The summed E-state index contributed by atoms with van der Waals surface area (Å²) < 4.78 is 5.58. The summed E-state index contributed by atoms with van der Waals surface area (Å²) in [5.41, 5.74) is 1.66. The maximum Gasteiger partial charge on any atom is 0.251 e. The van der Waals surface area contributed by atoms with Gasteiger partial charge in [0.25, 0.3) is 5.91 Å². The average Bonchev–Trinajstić information content (AvgIpc) is 3.25. The molecule has 2 aliphatic heterocycles. The van der Waals surface area contributed by atoms with Gasteiger partial charge in [-0.15, -0.1) is 0 Å². The van der Waals surface area contributed by atoms with Gasteiger partial charge in [-0.1, -0.05) is 24.3 Å². The van der Waals surface area contributed by atoms with E-state index in [1.54, 1.807) is 0 Å². The monoisotopic (exact) mass is 295 g/mol. The Hall–Kier alpha value is -2.43. The number of nitrogens with zero attached hydrogens (tertiary/aromatic N) is 3. The van der Waals surface area contributed by atoms with Crippen molar-refractivity contribution in [3.63, 3.8) is 0 Å². The molecule has 4 rings (SSSR count). The molecule has 1 saturated heterocycles. The number of aliphatic imine (C=N–C) groups is 1. The Morgan fingerprint density at radius 2 is 1.95 bits per heavy atom. The minimum absolute atomic E-state index is 0.0474. The summed E-state index contributed by atoms with van der Waals surface area (Å²) in [5, 5.41) is 1.08. The molecule has 1 amide bonds. The average molecular weight is 295 g/mol. The van der Waals surface area contributed by atoms with Crippen LogP contribution >= 0.6 is 0 Å². The smallest absolute Gasteiger partial charge is 0.251 e. The first-order chi connectivity index (χ1) is 10.8. The second-order valence-electron chi connectivity index (χ2n) is 5.72. The topological polar surface area (TPSA) is 54.8 Å². The summed E-state index contributed by atoms with van der Waals surface area (Å²) in [6, 6.07) is 11.3. The molecule has 5 nitrogen and oxygen atoms in total. The molecule has 0 unspecified atom stereocenters. The highest BCUT2D eigenvalue weighted by Gasteiger charge is 2.38. The van der Waals surface area contributed by atoms with Gasteiger partial charge in [0, 0.05) is 18.5 Å².